The number of anilines is 1. The van der Waals surface area contributed by atoms with Gasteiger partial charge in [-0.1, -0.05) is 13.0 Å². The highest BCUT2D eigenvalue weighted by molar-refractivity contribution is 5.89. The number of amides is 2. The van der Waals surface area contributed by atoms with Crippen LogP contribution in [-0.4, -0.2) is 41.2 Å². The van der Waals surface area contributed by atoms with Gasteiger partial charge in [0.2, 0.25) is 0 Å². The molecule has 0 atom stereocenters. The molecular formula is C15H22N2O4. The number of carbonyl (C=O) groups excluding carboxylic acids is 1. The summed E-state index contributed by atoms with van der Waals surface area (Å²) >= 11 is 0. The fraction of sp³-hybridized carbons (Fsp3) is 0.467. The molecule has 0 heterocycles. The number of nitrogens with one attached hydrogen (secondary N) is 1. The highest BCUT2D eigenvalue weighted by atomic mass is 16.5. The Morgan fingerprint density at radius 1 is 1.38 bits per heavy atom. The molecule has 1 aromatic carbocycles. The minimum Gasteiger partial charge on any atom is -0.482 e. The van der Waals surface area contributed by atoms with E-state index in [4.69, 9.17) is 9.84 Å². The van der Waals surface area contributed by atoms with E-state index in [2.05, 4.69) is 5.32 Å². The van der Waals surface area contributed by atoms with Crippen LogP contribution >= 0.6 is 0 Å². The number of carboxylic acid groups (broad SMARTS) is 1. The van der Waals surface area contributed by atoms with Crippen LogP contribution in [0.4, 0.5) is 10.5 Å². The lowest BCUT2D eigenvalue weighted by Crippen LogP contribution is -2.40. The Labute approximate surface area is 124 Å². The number of carboxylic acids is 1. The topological polar surface area (TPSA) is 78.9 Å². The summed E-state index contributed by atoms with van der Waals surface area (Å²) in [5, 5.41) is 11.4. The van der Waals surface area contributed by atoms with Gasteiger partial charge in [-0.2, -0.15) is 0 Å². The molecule has 0 aliphatic rings. The lowest BCUT2D eigenvalue weighted by Gasteiger charge is -2.26. The molecular weight excluding hydrogens is 272 g/mol. The first-order chi connectivity index (χ1) is 9.93. The van der Waals surface area contributed by atoms with Gasteiger partial charge in [0.05, 0.1) is 0 Å². The van der Waals surface area contributed by atoms with Gasteiger partial charge in [-0.3, -0.25) is 0 Å². The number of rotatable bonds is 7. The molecule has 2 amide bonds. The van der Waals surface area contributed by atoms with Gasteiger partial charge in [-0.15, -0.1) is 0 Å². The molecule has 2 N–H and O–H groups in total. The maximum atomic E-state index is 12.2. The van der Waals surface area contributed by atoms with Crippen molar-refractivity contribution in [2.75, 3.05) is 18.5 Å². The van der Waals surface area contributed by atoms with Crippen LogP contribution in [0, 0.1) is 0 Å². The molecule has 0 bridgehead atoms. The largest absolute Gasteiger partial charge is 0.482 e. The van der Waals surface area contributed by atoms with Crippen molar-refractivity contribution in [3.05, 3.63) is 24.3 Å². The summed E-state index contributed by atoms with van der Waals surface area (Å²) < 4.78 is 5.08. The predicted octanol–water partition coefficient (Wildman–Crippen LogP) is 2.80. The Morgan fingerprint density at radius 3 is 2.67 bits per heavy atom. The van der Waals surface area contributed by atoms with Crippen LogP contribution in [0.5, 0.6) is 5.75 Å². The molecule has 0 fully saturated rings. The maximum Gasteiger partial charge on any atom is 0.341 e. The van der Waals surface area contributed by atoms with Crippen LogP contribution in [-0.2, 0) is 4.79 Å². The number of ether oxygens (including phenoxy) is 1. The zero-order valence-electron chi connectivity index (χ0n) is 12.6. The van der Waals surface area contributed by atoms with Crippen molar-refractivity contribution in [1.82, 2.24) is 4.90 Å². The molecule has 0 spiro atoms. The first-order valence-corrected chi connectivity index (χ1v) is 6.96. The van der Waals surface area contributed by atoms with Crippen LogP contribution in [0.3, 0.4) is 0 Å². The molecule has 0 saturated heterocycles. The van der Waals surface area contributed by atoms with Gasteiger partial charge in [-0.05, 0) is 32.4 Å². The number of nitrogens with zero attached hydrogens (tertiary/aromatic N) is 1. The second-order valence-corrected chi connectivity index (χ2v) is 4.93. The van der Waals surface area contributed by atoms with Gasteiger partial charge in [0.25, 0.3) is 0 Å². The molecule has 0 unspecified atom stereocenters. The lowest BCUT2D eigenvalue weighted by molar-refractivity contribution is -0.139. The van der Waals surface area contributed by atoms with Crippen molar-refractivity contribution < 1.29 is 19.4 Å². The molecule has 0 saturated carbocycles. The fourth-order valence-corrected chi connectivity index (χ4v) is 1.84. The van der Waals surface area contributed by atoms with Crippen LogP contribution < -0.4 is 10.1 Å². The molecule has 0 aliphatic carbocycles. The summed E-state index contributed by atoms with van der Waals surface area (Å²) in [6.45, 7) is 6.20. The standard InChI is InChI=1S/C15H22N2O4/c1-4-8-17(11(2)3)15(20)16-12-6-5-7-13(9-12)21-10-14(18)19/h5-7,9,11H,4,8,10H2,1-3H3,(H,16,20)(H,18,19). The Hall–Kier alpha value is -2.24. The number of benzene rings is 1. The smallest absolute Gasteiger partial charge is 0.341 e. The van der Waals surface area contributed by atoms with Crippen LogP contribution in [0.15, 0.2) is 24.3 Å². The molecule has 0 aromatic heterocycles. The molecule has 6 heteroatoms. The minimum absolute atomic E-state index is 0.108. The summed E-state index contributed by atoms with van der Waals surface area (Å²) in [5.74, 6) is -0.639. The number of carbonyl (C=O) groups is 2. The van der Waals surface area contributed by atoms with Crippen molar-refractivity contribution in [3.63, 3.8) is 0 Å². The normalized spacial score (nSPS) is 10.3. The number of hydrogen-bond donors (Lipinski definition) is 2. The van der Waals surface area contributed by atoms with E-state index < -0.39 is 12.6 Å². The van der Waals surface area contributed by atoms with Crippen molar-refractivity contribution in [2.24, 2.45) is 0 Å². The van der Waals surface area contributed by atoms with E-state index in [1.165, 1.54) is 0 Å². The highest BCUT2D eigenvalue weighted by Crippen LogP contribution is 2.18. The molecule has 1 rings (SSSR count). The quantitative estimate of drug-likeness (QED) is 0.810. The first-order valence-electron chi connectivity index (χ1n) is 6.96. The highest BCUT2D eigenvalue weighted by Gasteiger charge is 2.16. The number of urea groups is 1. The van der Waals surface area contributed by atoms with Crippen molar-refractivity contribution >= 4 is 17.7 Å². The van der Waals surface area contributed by atoms with E-state index in [1.54, 1.807) is 29.2 Å². The lowest BCUT2D eigenvalue weighted by atomic mass is 10.3. The zero-order valence-corrected chi connectivity index (χ0v) is 12.6. The second kappa shape index (κ2) is 8.14. The Kier molecular flexibility index (Phi) is 6.52. The van der Waals surface area contributed by atoms with E-state index in [0.29, 0.717) is 18.0 Å². The third-order valence-corrected chi connectivity index (χ3v) is 2.80. The molecule has 0 aliphatic heterocycles. The fourth-order valence-electron chi connectivity index (χ4n) is 1.84. The van der Waals surface area contributed by atoms with Gasteiger partial charge in [0.1, 0.15) is 5.75 Å². The Bertz CT molecular complexity index is 488. The van der Waals surface area contributed by atoms with Crippen molar-refractivity contribution in [1.29, 1.82) is 0 Å². The van der Waals surface area contributed by atoms with Crippen LogP contribution in [0.1, 0.15) is 27.2 Å². The summed E-state index contributed by atoms with van der Waals surface area (Å²) in [4.78, 5) is 24.4. The third kappa shape index (κ3) is 5.72. The Morgan fingerprint density at radius 2 is 2.10 bits per heavy atom. The Balaban J connectivity index is 2.71. The molecule has 6 nitrogen and oxygen atoms in total. The monoisotopic (exact) mass is 294 g/mol. The maximum absolute atomic E-state index is 12.2. The van der Waals surface area contributed by atoms with Gasteiger partial charge in [0, 0.05) is 24.3 Å². The predicted molar refractivity (Wildman–Crippen MR) is 80.7 cm³/mol. The summed E-state index contributed by atoms with van der Waals surface area (Å²) in [7, 11) is 0. The van der Waals surface area contributed by atoms with Crippen LogP contribution in [0.2, 0.25) is 0 Å². The molecule has 116 valence electrons. The number of hydrogen-bond acceptors (Lipinski definition) is 3. The van der Waals surface area contributed by atoms with E-state index in [1.807, 2.05) is 20.8 Å². The van der Waals surface area contributed by atoms with E-state index in [-0.39, 0.29) is 12.1 Å². The van der Waals surface area contributed by atoms with Gasteiger partial charge in [-0.25, -0.2) is 9.59 Å². The summed E-state index contributed by atoms with van der Waals surface area (Å²) in [6, 6.07) is 6.61. The van der Waals surface area contributed by atoms with Crippen molar-refractivity contribution in [3.8, 4) is 5.75 Å². The molecule has 0 radical (unpaired) electrons. The minimum atomic E-state index is -1.04. The first kappa shape index (κ1) is 16.8. The van der Waals surface area contributed by atoms with Crippen LogP contribution in [0.25, 0.3) is 0 Å². The van der Waals surface area contributed by atoms with E-state index >= 15 is 0 Å². The zero-order chi connectivity index (χ0) is 15.8. The SMILES string of the molecule is CCCN(C(=O)Nc1cccc(OCC(=O)O)c1)C(C)C. The van der Waals surface area contributed by atoms with Gasteiger partial charge < -0.3 is 20.1 Å². The average Bonchev–Trinajstić information content (AvgIpc) is 2.42. The number of aliphatic carboxylic acids is 1. The average molecular weight is 294 g/mol. The van der Waals surface area contributed by atoms with E-state index in [0.717, 1.165) is 6.42 Å². The summed E-state index contributed by atoms with van der Waals surface area (Å²) in [6.07, 6.45) is 0.882. The summed E-state index contributed by atoms with van der Waals surface area (Å²) in [5.41, 5.74) is 0.574. The van der Waals surface area contributed by atoms with Gasteiger partial charge in [0.15, 0.2) is 6.61 Å². The molecule has 21 heavy (non-hydrogen) atoms. The van der Waals surface area contributed by atoms with Crippen molar-refractivity contribution in [2.45, 2.75) is 33.2 Å². The third-order valence-electron chi connectivity index (χ3n) is 2.80. The molecule has 1 aromatic rings. The van der Waals surface area contributed by atoms with E-state index in [9.17, 15) is 9.59 Å². The van der Waals surface area contributed by atoms with Gasteiger partial charge >= 0.3 is 12.0 Å². The second-order valence-electron chi connectivity index (χ2n) is 4.93.